The molecule has 0 spiro atoms. The highest BCUT2D eigenvalue weighted by Crippen LogP contribution is 2.25. The molecular weight excluding hydrogens is 374 g/mol. The zero-order valence-corrected chi connectivity index (χ0v) is 17.3. The van der Waals surface area contributed by atoms with Crippen molar-refractivity contribution < 1.29 is 9.53 Å². The molecule has 3 rings (SSSR count). The second kappa shape index (κ2) is 9.80. The van der Waals surface area contributed by atoms with Crippen molar-refractivity contribution >= 4 is 23.2 Å². The molecule has 5 nitrogen and oxygen atoms in total. The fraction of sp³-hybridized carbons (Fsp3) is 0.409. The lowest BCUT2D eigenvalue weighted by atomic mass is 10.1. The van der Waals surface area contributed by atoms with Crippen LogP contribution in [0.25, 0.3) is 0 Å². The Hall–Kier alpha value is -2.24. The highest BCUT2D eigenvalue weighted by molar-refractivity contribution is 6.30. The molecule has 6 heteroatoms. The van der Waals surface area contributed by atoms with E-state index in [0.29, 0.717) is 13.1 Å². The molecule has 1 heterocycles. The van der Waals surface area contributed by atoms with E-state index in [1.54, 1.807) is 7.11 Å². The van der Waals surface area contributed by atoms with Crippen LogP contribution >= 0.6 is 11.6 Å². The number of carbonyl (C=O) groups is 1. The van der Waals surface area contributed by atoms with Gasteiger partial charge in [0.25, 0.3) is 0 Å². The van der Waals surface area contributed by atoms with E-state index >= 15 is 0 Å². The van der Waals surface area contributed by atoms with Gasteiger partial charge in [0.15, 0.2) is 0 Å². The van der Waals surface area contributed by atoms with Gasteiger partial charge in [-0.2, -0.15) is 0 Å². The molecule has 0 aliphatic carbocycles. The van der Waals surface area contributed by atoms with Crippen molar-refractivity contribution in [3.8, 4) is 5.75 Å². The van der Waals surface area contributed by atoms with E-state index in [-0.39, 0.29) is 5.91 Å². The average molecular weight is 402 g/mol. The Balaban J connectivity index is 1.39. The third kappa shape index (κ3) is 5.63. The Morgan fingerprint density at radius 3 is 2.50 bits per heavy atom. The number of hydrogen-bond acceptors (Lipinski definition) is 4. The molecule has 2 aromatic rings. The van der Waals surface area contributed by atoms with Crippen LogP contribution in [0.1, 0.15) is 11.1 Å². The standard InChI is InChI=1S/C22H28ClN3O2/c1-17-3-6-19(23)15-21(17)26-13-11-25(12-14-26)16-22(27)24-10-9-18-4-7-20(28-2)8-5-18/h3-8,15H,9-14,16H2,1-2H3,(H,24,27). The maximum absolute atomic E-state index is 12.2. The van der Waals surface area contributed by atoms with Crippen LogP contribution in [0.5, 0.6) is 5.75 Å². The largest absolute Gasteiger partial charge is 0.497 e. The van der Waals surface area contributed by atoms with Crippen molar-refractivity contribution in [2.24, 2.45) is 0 Å². The van der Waals surface area contributed by atoms with E-state index in [1.807, 2.05) is 36.4 Å². The van der Waals surface area contributed by atoms with Crippen LogP contribution in [0.2, 0.25) is 5.02 Å². The van der Waals surface area contributed by atoms with Gasteiger partial charge in [-0.3, -0.25) is 9.69 Å². The minimum Gasteiger partial charge on any atom is -0.497 e. The number of halogens is 1. The molecule has 1 saturated heterocycles. The maximum Gasteiger partial charge on any atom is 0.234 e. The minimum absolute atomic E-state index is 0.0842. The summed E-state index contributed by atoms with van der Waals surface area (Å²) in [6.07, 6.45) is 0.817. The first-order valence-electron chi connectivity index (χ1n) is 9.68. The van der Waals surface area contributed by atoms with Gasteiger partial charge in [-0.1, -0.05) is 29.8 Å². The molecule has 1 amide bonds. The average Bonchev–Trinajstić information content (AvgIpc) is 2.71. The van der Waals surface area contributed by atoms with E-state index in [2.05, 4.69) is 28.1 Å². The summed E-state index contributed by atoms with van der Waals surface area (Å²) in [5.74, 6) is 0.931. The molecule has 150 valence electrons. The van der Waals surface area contributed by atoms with Gasteiger partial charge in [-0.25, -0.2) is 0 Å². The quantitative estimate of drug-likeness (QED) is 0.774. The monoisotopic (exact) mass is 401 g/mol. The van der Waals surface area contributed by atoms with Crippen LogP contribution in [0.15, 0.2) is 42.5 Å². The molecule has 2 aromatic carbocycles. The Morgan fingerprint density at radius 1 is 1.11 bits per heavy atom. The molecule has 0 radical (unpaired) electrons. The number of hydrogen-bond donors (Lipinski definition) is 1. The molecule has 0 atom stereocenters. The number of methoxy groups -OCH3 is 1. The first-order chi connectivity index (χ1) is 13.5. The summed E-state index contributed by atoms with van der Waals surface area (Å²) in [6, 6.07) is 14.0. The van der Waals surface area contributed by atoms with E-state index < -0.39 is 0 Å². The summed E-state index contributed by atoms with van der Waals surface area (Å²) in [5, 5.41) is 3.79. The number of anilines is 1. The molecule has 1 aliphatic heterocycles. The zero-order chi connectivity index (χ0) is 19.9. The van der Waals surface area contributed by atoms with Crippen molar-refractivity contribution in [1.82, 2.24) is 10.2 Å². The smallest absolute Gasteiger partial charge is 0.234 e. The van der Waals surface area contributed by atoms with Crippen molar-refractivity contribution in [2.75, 3.05) is 51.3 Å². The number of ether oxygens (including phenoxy) is 1. The molecule has 0 aromatic heterocycles. The van der Waals surface area contributed by atoms with Gasteiger partial charge in [0.1, 0.15) is 5.75 Å². The highest BCUT2D eigenvalue weighted by atomic mass is 35.5. The van der Waals surface area contributed by atoms with E-state index in [1.165, 1.54) is 16.8 Å². The zero-order valence-electron chi connectivity index (χ0n) is 16.6. The number of amides is 1. The van der Waals surface area contributed by atoms with E-state index in [9.17, 15) is 4.79 Å². The molecule has 0 bridgehead atoms. The molecule has 1 N–H and O–H groups in total. The van der Waals surface area contributed by atoms with Gasteiger partial charge >= 0.3 is 0 Å². The second-order valence-electron chi connectivity index (χ2n) is 7.14. The number of aryl methyl sites for hydroxylation is 1. The van der Waals surface area contributed by atoms with Gasteiger partial charge in [0.05, 0.1) is 13.7 Å². The van der Waals surface area contributed by atoms with Gasteiger partial charge < -0.3 is 15.0 Å². The van der Waals surface area contributed by atoms with Gasteiger partial charge in [0.2, 0.25) is 5.91 Å². The van der Waals surface area contributed by atoms with Crippen molar-refractivity contribution in [3.05, 3.63) is 58.6 Å². The van der Waals surface area contributed by atoms with Crippen LogP contribution < -0.4 is 15.0 Å². The van der Waals surface area contributed by atoms with Crippen molar-refractivity contribution in [3.63, 3.8) is 0 Å². The predicted molar refractivity (Wildman–Crippen MR) is 115 cm³/mol. The molecule has 0 unspecified atom stereocenters. The van der Waals surface area contributed by atoms with Crippen LogP contribution in [-0.2, 0) is 11.2 Å². The summed E-state index contributed by atoms with van der Waals surface area (Å²) in [4.78, 5) is 16.8. The highest BCUT2D eigenvalue weighted by Gasteiger charge is 2.20. The fourth-order valence-electron chi connectivity index (χ4n) is 3.47. The van der Waals surface area contributed by atoms with Crippen molar-refractivity contribution in [2.45, 2.75) is 13.3 Å². The number of nitrogens with zero attached hydrogens (tertiary/aromatic N) is 2. The topological polar surface area (TPSA) is 44.8 Å². The second-order valence-corrected chi connectivity index (χ2v) is 7.58. The third-order valence-electron chi connectivity index (χ3n) is 5.15. The predicted octanol–water partition coefficient (Wildman–Crippen LogP) is 3.14. The SMILES string of the molecule is COc1ccc(CCNC(=O)CN2CCN(c3cc(Cl)ccc3C)CC2)cc1. The van der Waals surface area contributed by atoms with Gasteiger partial charge in [-0.15, -0.1) is 0 Å². The Morgan fingerprint density at radius 2 is 1.82 bits per heavy atom. The summed E-state index contributed by atoms with van der Waals surface area (Å²) in [6.45, 7) is 6.75. The van der Waals surface area contributed by atoms with Crippen LogP contribution in [0.4, 0.5) is 5.69 Å². The number of nitrogens with one attached hydrogen (secondary N) is 1. The van der Waals surface area contributed by atoms with Crippen LogP contribution in [-0.4, -0.2) is 57.2 Å². The summed E-state index contributed by atoms with van der Waals surface area (Å²) >= 11 is 6.15. The van der Waals surface area contributed by atoms with Crippen LogP contribution in [0.3, 0.4) is 0 Å². The number of piperazine rings is 1. The number of rotatable bonds is 7. The lowest BCUT2D eigenvalue weighted by Crippen LogP contribution is -2.49. The molecule has 1 fully saturated rings. The minimum atomic E-state index is 0.0842. The Bertz CT molecular complexity index is 787. The fourth-order valence-corrected chi connectivity index (χ4v) is 3.63. The van der Waals surface area contributed by atoms with E-state index in [0.717, 1.165) is 43.4 Å². The first kappa shape index (κ1) is 20.5. The summed E-state index contributed by atoms with van der Waals surface area (Å²) < 4.78 is 5.16. The first-order valence-corrected chi connectivity index (χ1v) is 10.1. The molecular formula is C22H28ClN3O2. The Kier molecular flexibility index (Phi) is 7.18. The Labute approximate surface area is 172 Å². The lowest BCUT2D eigenvalue weighted by molar-refractivity contribution is -0.122. The van der Waals surface area contributed by atoms with Gasteiger partial charge in [0, 0.05) is 43.4 Å². The molecule has 0 saturated carbocycles. The molecule has 1 aliphatic rings. The third-order valence-corrected chi connectivity index (χ3v) is 5.38. The number of benzene rings is 2. The number of carbonyl (C=O) groups excluding carboxylic acids is 1. The maximum atomic E-state index is 12.2. The van der Waals surface area contributed by atoms with Gasteiger partial charge in [-0.05, 0) is 48.7 Å². The van der Waals surface area contributed by atoms with Crippen LogP contribution in [0, 0.1) is 6.92 Å². The summed E-state index contributed by atoms with van der Waals surface area (Å²) in [5.41, 5.74) is 3.61. The summed E-state index contributed by atoms with van der Waals surface area (Å²) in [7, 11) is 1.66. The van der Waals surface area contributed by atoms with Crippen molar-refractivity contribution in [1.29, 1.82) is 0 Å². The van der Waals surface area contributed by atoms with E-state index in [4.69, 9.17) is 16.3 Å². The molecule has 28 heavy (non-hydrogen) atoms. The lowest BCUT2D eigenvalue weighted by Gasteiger charge is -2.36. The normalized spacial score (nSPS) is 14.8.